The van der Waals surface area contributed by atoms with E-state index in [1.54, 1.807) is 27.7 Å². The van der Waals surface area contributed by atoms with Crippen molar-refractivity contribution in [3.63, 3.8) is 0 Å². The third-order valence-electron chi connectivity index (χ3n) is 1.24. The molecule has 0 radical (unpaired) electrons. The van der Waals surface area contributed by atoms with E-state index in [1.807, 2.05) is 0 Å². The molecule has 0 amide bonds. The first-order chi connectivity index (χ1) is 4.46. The first-order valence-electron chi connectivity index (χ1n) is 3.51. The van der Waals surface area contributed by atoms with Crippen molar-refractivity contribution >= 4 is 0 Å². The molecular weight excluding hydrogens is 134 g/mol. The third-order valence-corrected chi connectivity index (χ3v) is 1.24. The summed E-state index contributed by atoms with van der Waals surface area (Å²) in [7, 11) is 0. The molecule has 0 fully saturated rings. The molecule has 2 heteroatoms. The molecule has 0 spiro atoms. The van der Waals surface area contributed by atoms with Crippen molar-refractivity contribution in [2.45, 2.75) is 27.7 Å². The molecule has 0 unspecified atom stereocenters. The topological polar surface area (TPSA) is 0 Å². The summed E-state index contributed by atoms with van der Waals surface area (Å²) in [6.07, 6.45) is 0. The van der Waals surface area contributed by atoms with Crippen molar-refractivity contribution in [3.8, 4) is 0 Å². The van der Waals surface area contributed by atoms with Gasteiger partial charge in [0.2, 0.25) is 0 Å². The Morgan fingerprint density at radius 3 is 1.10 bits per heavy atom. The Morgan fingerprint density at radius 1 is 0.800 bits per heavy atom. The lowest BCUT2D eigenvalue weighted by Gasteiger charge is -2.05. The van der Waals surface area contributed by atoms with Gasteiger partial charge in [0.25, 0.3) is 0 Å². The maximum absolute atomic E-state index is 12.7. The molecule has 60 valence electrons. The zero-order valence-corrected chi connectivity index (χ0v) is 6.91. The fourth-order valence-corrected chi connectivity index (χ4v) is 0.552. The fraction of sp³-hybridized carbons (Fsp3) is 0.750. The van der Waals surface area contributed by atoms with Gasteiger partial charge in [-0.2, -0.15) is 0 Å². The number of hydrogen-bond acceptors (Lipinski definition) is 0. The lowest BCUT2D eigenvalue weighted by Crippen LogP contribution is -1.96. The zero-order valence-electron chi connectivity index (χ0n) is 6.91. The molecule has 0 nitrogen and oxygen atoms in total. The molecule has 0 N–H and O–H groups in total. The molecule has 0 aliphatic rings. The minimum atomic E-state index is -0.616. The highest BCUT2D eigenvalue weighted by Gasteiger charge is 2.12. The maximum atomic E-state index is 12.7. The van der Waals surface area contributed by atoms with Gasteiger partial charge in [0.1, 0.15) is 11.7 Å². The van der Waals surface area contributed by atoms with Gasteiger partial charge in [0, 0.05) is 11.8 Å². The molecule has 0 aromatic rings. The fourth-order valence-electron chi connectivity index (χ4n) is 0.552. The second-order valence-corrected chi connectivity index (χ2v) is 3.01. The van der Waals surface area contributed by atoms with E-state index in [-0.39, 0.29) is 11.8 Å². The Morgan fingerprint density at radius 2 is 1.00 bits per heavy atom. The van der Waals surface area contributed by atoms with Gasteiger partial charge < -0.3 is 0 Å². The van der Waals surface area contributed by atoms with Crippen LogP contribution < -0.4 is 0 Å². The van der Waals surface area contributed by atoms with E-state index in [1.165, 1.54) is 0 Å². The lowest BCUT2D eigenvalue weighted by molar-refractivity contribution is 0.417. The van der Waals surface area contributed by atoms with Gasteiger partial charge in [0.05, 0.1) is 0 Å². The Labute approximate surface area is 60.9 Å². The van der Waals surface area contributed by atoms with Crippen LogP contribution in [0.1, 0.15) is 27.7 Å². The summed E-state index contributed by atoms with van der Waals surface area (Å²) in [5.74, 6) is -1.89. The third kappa shape index (κ3) is 2.46. The molecule has 0 saturated carbocycles. The highest BCUT2D eigenvalue weighted by molar-refractivity contribution is 5.03. The molecule has 0 aliphatic carbocycles. The average molecular weight is 148 g/mol. The van der Waals surface area contributed by atoms with Gasteiger partial charge in [-0.15, -0.1) is 0 Å². The van der Waals surface area contributed by atoms with Crippen molar-refractivity contribution < 1.29 is 8.78 Å². The van der Waals surface area contributed by atoms with Crippen molar-refractivity contribution in [2.24, 2.45) is 11.8 Å². The molecule has 0 heterocycles. The van der Waals surface area contributed by atoms with Crippen LogP contribution in [-0.4, -0.2) is 0 Å². The summed E-state index contributed by atoms with van der Waals surface area (Å²) >= 11 is 0. The smallest absolute Gasteiger partial charge is 0.134 e. The van der Waals surface area contributed by atoms with Crippen LogP contribution in [0.25, 0.3) is 0 Å². The number of halogens is 2. The van der Waals surface area contributed by atoms with Crippen LogP contribution in [0.2, 0.25) is 0 Å². The zero-order chi connectivity index (χ0) is 8.31. The van der Waals surface area contributed by atoms with E-state index in [9.17, 15) is 8.78 Å². The van der Waals surface area contributed by atoms with Crippen molar-refractivity contribution in [1.82, 2.24) is 0 Å². The van der Waals surface area contributed by atoms with Crippen molar-refractivity contribution in [3.05, 3.63) is 11.7 Å². The van der Waals surface area contributed by atoms with Gasteiger partial charge >= 0.3 is 0 Å². The van der Waals surface area contributed by atoms with E-state index >= 15 is 0 Å². The van der Waals surface area contributed by atoms with Gasteiger partial charge in [-0.1, -0.05) is 27.7 Å². The predicted molar refractivity (Wildman–Crippen MR) is 38.9 cm³/mol. The SMILES string of the molecule is CC(C)/C(F)=C(/F)C(C)C. The van der Waals surface area contributed by atoms with Gasteiger partial charge in [-0.3, -0.25) is 0 Å². The molecule has 0 atom stereocenters. The molecule has 0 aliphatic heterocycles. The summed E-state index contributed by atoms with van der Waals surface area (Å²) in [4.78, 5) is 0. The Bertz CT molecular complexity index is 118. The van der Waals surface area contributed by atoms with E-state index in [4.69, 9.17) is 0 Å². The van der Waals surface area contributed by atoms with Gasteiger partial charge in [0.15, 0.2) is 0 Å². The lowest BCUT2D eigenvalue weighted by atomic mass is 10.1. The normalized spacial score (nSPS) is 14.4. The minimum Gasteiger partial charge on any atom is -0.209 e. The number of rotatable bonds is 2. The van der Waals surface area contributed by atoms with Crippen LogP contribution in [0, 0.1) is 11.8 Å². The van der Waals surface area contributed by atoms with Crippen molar-refractivity contribution in [2.75, 3.05) is 0 Å². The van der Waals surface area contributed by atoms with Crippen LogP contribution in [0.3, 0.4) is 0 Å². The van der Waals surface area contributed by atoms with E-state index in [0.717, 1.165) is 0 Å². The number of hydrogen-bond donors (Lipinski definition) is 0. The van der Waals surface area contributed by atoms with Crippen LogP contribution in [0.5, 0.6) is 0 Å². The molecule has 0 rings (SSSR count). The second kappa shape index (κ2) is 3.69. The van der Waals surface area contributed by atoms with Crippen LogP contribution in [0.15, 0.2) is 11.7 Å². The Hall–Kier alpha value is -0.400. The Kier molecular flexibility index (Phi) is 3.54. The summed E-state index contributed by atoms with van der Waals surface area (Å²) in [6.45, 7) is 6.54. The van der Waals surface area contributed by atoms with E-state index in [0.29, 0.717) is 0 Å². The monoisotopic (exact) mass is 148 g/mol. The molecule has 0 aromatic heterocycles. The van der Waals surface area contributed by atoms with E-state index in [2.05, 4.69) is 0 Å². The quantitative estimate of drug-likeness (QED) is 0.562. The summed E-state index contributed by atoms with van der Waals surface area (Å²) in [6, 6.07) is 0. The molecule has 10 heavy (non-hydrogen) atoms. The van der Waals surface area contributed by atoms with Crippen molar-refractivity contribution in [1.29, 1.82) is 0 Å². The Balaban J connectivity index is 4.34. The number of allylic oxidation sites excluding steroid dienone is 2. The van der Waals surface area contributed by atoms with Gasteiger partial charge in [-0.25, -0.2) is 8.78 Å². The molecular formula is C8H14F2. The van der Waals surface area contributed by atoms with Crippen LogP contribution >= 0.6 is 0 Å². The highest BCUT2D eigenvalue weighted by Crippen LogP contribution is 2.22. The first kappa shape index (κ1) is 9.60. The predicted octanol–water partition coefficient (Wildman–Crippen LogP) is 3.45. The largest absolute Gasteiger partial charge is 0.209 e. The first-order valence-corrected chi connectivity index (χ1v) is 3.51. The van der Waals surface area contributed by atoms with Crippen LogP contribution in [0.4, 0.5) is 8.78 Å². The van der Waals surface area contributed by atoms with Gasteiger partial charge in [-0.05, 0) is 0 Å². The summed E-state index contributed by atoms with van der Waals surface area (Å²) in [5.41, 5.74) is 0. The standard InChI is InChI=1S/C8H14F2/c1-5(2)7(9)8(10)6(3)4/h5-6H,1-4H3/b8-7-. The summed E-state index contributed by atoms with van der Waals surface area (Å²) < 4.78 is 25.3. The molecule has 0 saturated heterocycles. The molecule has 0 bridgehead atoms. The highest BCUT2D eigenvalue weighted by atomic mass is 19.2. The second-order valence-electron chi connectivity index (χ2n) is 3.01. The van der Waals surface area contributed by atoms with Crippen LogP contribution in [-0.2, 0) is 0 Å². The maximum Gasteiger partial charge on any atom is 0.134 e. The average Bonchev–Trinajstić information content (AvgIpc) is 1.84. The summed E-state index contributed by atoms with van der Waals surface area (Å²) in [5, 5.41) is 0. The minimum absolute atomic E-state index is 0.331. The van der Waals surface area contributed by atoms with E-state index < -0.39 is 11.7 Å². The molecule has 0 aromatic carbocycles.